The van der Waals surface area contributed by atoms with Crippen LogP contribution in [0.2, 0.25) is 0 Å². The summed E-state index contributed by atoms with van der Waals surface area (Å²) in [4.78, 5) is 22.6. The monoisotopic (exact) mass is 291 g/mol. The van der Waals surface area contributed by atoms with Crippen LogP contribution in [0.3, 0.4) is 0 Å². The topological polar surface area (TPSA) is 70.2 Å². The molecule has 6 heteroatoms. The highest BCUT2D eigenvalue weighted by atomic mass is 16.1. The van der Waals surface area contributed by atoms with Crippen molar-refractivity contribution >= 4 is 11.9 Å². The van der Waals surface area contributed by atoms with Gasteiger partial charge in [0.15, 0.2) is 0 Å². The van der Waals surface area contributed by atoms with Crippen molar-refractivity contribution in [2.75, 3.05) is 32.5 Å². The molecule has 0 aliphatic heterocycles. The zero-order valence-electron chi connectivity index (χ0n) is 12.9. The molecular formula is C15H25N5O. The lowest BCUT2D eigenvalue weighted by Crippen LogP contribution is -2.28. The second-order valence-electron chi connectivity index (χ2n) is 5.80. The first-order valence-electron chi connectivity index (χ1n) is 7.67. The SMILES string of the molecule is CN(C)CCCNC(=O)c1ccnc(NC2CCCC2)n1. The molecule has 1 aliphatic rings. The molecule has 1 aromatic rings. The smallest absolute Gasteiger partial charge is 0.270 e. The first kappa shape index (κ1) is 15.7. The number of carbonyl (C=O) groups excluding carboxylic acids is 1. The Morgan fingerprint density at radius 2 is 2.14 bits per heavy atom. The number of rotatable bonds is 7. The van der Waals surface area contributed by atoms with E-state index in [1.807, 2.05) is 14.1 Å². The molecule has 1 aromatic heterocycles. The van der Waals surface area contributed by atoms with Crippen LogP contribution in [0.4, 0.5) is 5.95 Å². The third kappa shape index (κ3) is 5.30. The van der Waals surface area contributed by atoms with E-state index in [0.717, 1.165) is 25.8 Å². The molecule has 6 nitrogen and oxygen atoms in total. The molecule has 0 spiro atoms. The molecule has 0 radical (unpaired) electrons. The van der Waals surface area contributed by atoms with Crippen molar-refractivity contribution in [3.63, 3.8) is 0 Å². The second kappa shape index (κ2) is 7.93. The van der Waals surface area contributed by atoms with Crippen molar-refractivity contribution in [3.8, 4) is 0 Å². The Balaban J connectivity index is 1.82. The van der Waals surface area contributed by atoms with Gasteiger partial charge in [-0.25, -0.2) is 9.97 Å². The summed E-state index contributed by atoms with van der Waals surface area (Å²) in [5, 5.41) is 6.20. The van der Waals surface area contributed by atoms with E-state index < -0.39 is 0 Å². The number of nitrogens with zero attached hydrogens (tertiary/aromatic N) is 3. The normalized spacial score (nSPS) is 15.4. The Kier molecular flexibility index (Phi) is 5.92. The van der Waals surface area contributed by atoms with Crippen molar-refractivity contribution in [1.29, 1.82) is 0 Å². The summed E-state index contributed by atoms with van der Waals surface area (Å²) in [5.41, 5.74) is 0.426. The maximum absolute atomic E-state index is 12.0. The molecule has 1 heterocycles. The summed E-state index contributed by atoms with van der Waals surface area (Å²) in [6, 6.07) is 2.10. The molecule has 0 atom stereocenters. The molecule has 1 saturated carbocycles. The van der Waals surface area contributed by atoms with Crippen LogP contribution in [0.25, 0.3) is 0 Å². The van der Waals surface area contributed by atoms with E-state index in [2.05, 4.69) is 25.5 Å². The van der Waals surface area contributed by atoms with Crippen LogP contribution in [-0.2, 0) is 0 Å². The molecule has 2 rings (SSSR count). The maximum Gasteiger partial charge on any atom is 0.270 e. The summed E-state index contributed by atoms with van der Waals surface area (Å²) < 4.78 is 0. The summed E-state index contributed by atoms with van der Waals surface area (Å²) in [5.74, 6) is 0.425. The number of anilines is 1. The fourth-order valence-corrected chi connectivity index (χ4v) is 2.50. The Hall–Kier alpha value is -1.69. The van der Waals surface area contributed by atoms with E-state index in [0.29, 0.717) is 24.2 Å². The number of hydrogen-bond donors (Lipinski definition) is 2. The minimum absolute atomic E-state index is 0.134. The third-order valence-corrected chi connectivity index (χ3v) is 3.64. The van der Waals surface area contributed by atoms with Gasteiger partial charge in [-0.2, -0.15) is 0 Å². The van der Waals surface area contributed by atoms with Crippen LogP contribution in [0.5, 0.6) is 0 Å². The van der Waals surface area contributed by atoms with E-state index in [1.165, 1.54) is 12.8 Å². The predicted molar refractivity (Wildman–Crippen MR) is 83.4 cm³/mol. The van der Waals surface area contributed by atoms with E-state index in [1.54, 1.807) is 12.3 Å². The van der Waals surface area contributed by atoms with Crippen LogP contribution in [0.1, 0.15) is 42.6 Å². The van der Waals surface area contributed by atoms with Crippen molar-refractivity contribution in [3.05, 3.63) is 18.0 Å². The minimum Gasteiger partial charge on any atom is -0.351 e. The average molecular weight is 291 g/mol. The lowest BCUT2D eigenvalue weighted by molar-refractivity contribution is 0.0947. The number of nitrogens with one attached hydrogen (secondary N) is 2. The minimum atomic E-state index is -0.134. The van der Waals surface area contributed by atoms with Gasteiger partial charge < -0.3 is 15.5 Å². The van der Waals surface area contributed by atoms with Gasteiger partial charge in [-0.3, -0.25) is 4.79 Å². The Morgan fingerprint density at radius 1 is 1.38 bits per heavy atom. The molecular weight excluding hydrogens is 266 g/mol. The van der Waals surface area contributed by atoms with Gasteiger partial charge in [0.25, 0.3) is 5.91 Å². The highest BCUT2D eigenvalue weighted by Crippen LogP contribution is 2.20. The predicted octanol–water partition coefficient (Wildman–Crippen LogP) is 1.51. The fraction of sp³-hybridized carbons (Fsp3) is 0.667. The van der Waals surface area contributed by atoms with Crippen molar-refractivity contribution in [2.24, 2.45) is 0 Å². The van der Waals surface area contributed by atoms with Gasteiger partial charge in [0, 0.05) is 18.8 Å². The van der Waals surface area contributed by atoms with Gasteiger partial charge in [-0.15, -0.1) is 0 Å². The Morgan fingerprint density at radius 3 is 2.86 bits per heavy atom. The lowest BCUT2D eigenvalue weighted by Gasteiger charge is -2.12. The van der Waals surface area contributed by atoms with Crippen LogP contribution in [-0.4, -0.2) is 54.0 Å². The maximum atomic E-state index is 12.0. The van der Waals surface area contributed by atoms with Gasteiger partial charge >= 0.3 is 0 Å². The molecule has 1 fully saturated rings. The molecule has 0 bridgehead atoms. The zero-order chi connectivity index (χ0) is 15.1. The fourth-order valence-electron chi connectivity index (χ4n) is 2.50. The Bertz CT molecular complexity index is 457. The molecule has 0 unspecified atom stereocenters. The summed E-state index contributed by atoms with van der Waals surface area (Å²) in [6.45, 7) is 1.62. The first-order chi connectivity index (χ1) is 10.1. The van der Waals surface area contributed by atoms with Crippen molar-refractivity contribution in [2.45, 2.75) is 38.1 Å². The van der Waals surface area contributed by atoms with E-state index in [-0.39, 0.29) is 5.91 Å². The highest BCUT2D eigenvalue weighted by Gasteiger charge is 2.16. The van der Waals surface area contributed by atoms with Gasteiger partial charge in [0.1, 0.15) is 5.69 Å². The standard InChI is InChI=1S/C15H25N5O/c1-20(2)11-5-9-16-14(21)13-8-10-17-15(19-13)18-12-6-3-4-7-12/h8,10,12H,3-7,9,11H2,1-2H3,(H,16,21)(H,17,18,19). The highest BCUT2D eigenvalue weighted by molar-refractivity contribution is 5.92. The van der Waals surface area contributed by atoms with Gasteiger partial charge in [0.2, 0.25) is 5.95 Å². The molecule has 116 valence electrons. The van der Waals surface area contributed by atoms with Crippen LogP contribution in [0.15, 0.2) is 12.3 Å². The number of carbonyl (C=O) groups is 1. The van der Waals surface area contributed by atoms with Crippen LogP contribution < -0.4 is 10.6 Å². The summed E-state index contributed by atoms with van der Waals surface area (Å²) >= 11 is 0. The molecule has 2 N–H and O–H groups in total. The van der Waals surface area contributed by atoms with Crippen molar-refractivity contribution < 1.29 is 4.79 Å². The summed E-state index contributed by atoms with van der Waals surface area (Å²) in [7, 11) is 4.04. The van der Waals surface area contributed by atoms with Crippen molar-refractivity contribution in [1.82, 2.24) is 20.2 Å². The molecule has 1 amide bonds. The Labute approximate surface area is 126 Å². The second-order valence-corrected chi connectivity index (χ2v) is 5.80. The lowest BCUT2D eigenvalue weighted by atomic mass is 10.2. The van der Waals surface area contributed by atoms with E-state index in [4.69, 9.17) is 0 Å². The van der Waals surface area contributed by atoms with E-state index >= 15 is 0 Å². The third-order valence-electron chi connectivity index (χ3n) is 3.64. The number of amides is 1. The van der Waals surface area contributed by atoms with Gasteiger partial charge in [-0.05, 0) is 46.0 Å². The van der Waals surface area contributed by atoms with Crippen LogP contribution >= 0.6 is 0 Å². The van der Waals surface area contributed by atoms with E-state index in [9.17, 15) is 4.79 Å². The van der Waals surface area contributed by atoms with Gasteiger partial charge in [0.05, 0.1) is 0 Å². The number of hydrogen-bond acceptors (Lipinski definition) is 5. The first-order valence-corrected chi connectivity index (χ1v) is 7.67. The number of aromatic nitrogens is 2. The molecule has 21 heavy (non-hydrogen) atoms. The zero-order valence-corrected chi connectivity index (χ0v) is 12.9. The largest absolute Gasteiger partial charge is 0.351 e. The summed E-state index contributed by atoms with van der Waals surface area (Å²) in [6.07, 6.45) is 7.39. The molecule has 0 aromatic carbocycles. The van der Waals surface area contributed by atoms with Gasteiger partial charge in [-0.1, -0.05) is 12.8 Å². The quantitative estimate of drug-likeness (QED) is 0.745. The average Bonchev–Trinajstić information content (AvgIpc) is 2.96. The molecule has 1 aliphatic carbocycles. The van der Waals surface area contributed by atoms with Crippen LogP contribution in [0, 0.1) is 0 Å². The molecule has 0 saturated heterocycles.